The third-order valence-electron chi connectivity index (χ3n) is 4.99. The van der Waals surface area contributed by atoms with E-state index in [0.29, 0.717) is 25.2 Å². The number of anilines is 2. The van der Waals surface area contributed by atoms with Gasteiger partial charge in [0.25, 0.3) is 0 Å². The van der Waals surface area contributed by atoms with Crippen LogP contribution in [0.1, 0.15) is 17.1 Å². The molecule has 0 saturated carbocycles. The molecule has 0 unspecified atom stereocenters. The quantitative estimate of drug-likeness (QED) is 0.159. The third-order valence-corrected chi connectivity index (χ3v) is 4.99. The summed E-state index contributed by atoms with van der Waals surface area (Å²) in [6.07, 6.45) is 2.30. The minimum atomic E-state index is -1.45. The summed E-state index contributed by atoms with van der Waals surface area (Å²) in [6, 6.07) is 6.82. The fraction of sp³-hybridized carbons (Fsp3) is 0.450. The lowest BCUT2D eigenvalue weighted by atomic mass is 9.90. The number of aromatic hydroxyl groups is 1. The van der Waals surface area contributed by atoms with Crippen LogP contribution in [0.3, 0.4) is 0 Å². The van der Waals surface area contributed by atoms with Crippen LogP contribution in [0.25, 0.3) is 0 Å². The van der Waals surface area contributed by atoms with E-state index in [0.717, 1.165) is 5.56 Å². The maximum Gasteiger partial charge on any atom is 0.228 e. The average molecular weight is 460 g/mol. The lowest BCUT2D eigenvalue weighted by Crippen LogP contribution is -2.41. The second-order valence-electron chi connectivity index (χ2n) is 7.45. The van der Waals surface area contributed by atoms with Gasteiger partial charge in [0.05, 0.1) is 51.1 Å². The van der Waals surface area contributed by atoms with Crippen molar-refractivity contribution >= 4 is 11.9 Å². The number of phenolic OH excluding ortho intramolecular Hbond substituents is 1. The molecule has 0 aliphatic rings. The van der Waals surface area contributed by atoms with Gasteiger partial charge in [-0.1, -0.05) is 17.3 Å². The fourth-order valence-corrected chi connectivity index (χ4v) is 2.92. The van der Waals surface area contributed by atoms with Gasteiger partial charge in [0, 0.05) is 6.54 Å². The minimum Gasteiger partial charge on any atom is -0.508 e. The predicted octanol–water partition coefficient (Wildman–Crippen LogP) is -1.36. The number of phenols is 1. The Morgan fingerprint density at radius 3 is 2.18 bits per heavy atom. The van der Waals surface area contributed by atoms with E-state index in [4.69, 9.17) is 5.11 Å². The van der Waals surface area contributed by atoms with Crippen LogP contribution in [-0.2, 0) is 24.9 Å². The number of aliphatic hydroxyl groups is 4. The number of nitrogens with zero attached hydrogens (tertiary/aromatic N) is 6. The summed E-state index contributed by atoms with van der Waals surface area (Å²) in [5.41, 5.74) is 0.135. The molecule has 0 radical (unpaired) electrons. The van der Waals surface area contributed by atoms with Crippen molar-refractivity contribution in [3.63, 3.8) is 0 Å². The number of aliphatic hydroxyl groups excluding tert-OH is 4. The minimum absolute atomic E-state index is 0.0311. The Morgan fingerprint density at radius 1 is 0.879 bits per heavy atom. The molecule has 33 heavy (non-hydrogen) atoms. The van der Waals surface area contributed by atoms with Crippen LogP contribution in [-0.4, -0.2) is 88.5 Å². The molecule has 13 heteroatoms. The summed E-state index contributed by atoms with van der Waals surface area (Å²) in [7, 11) is 0. The van der Waals surface area contributed by atoms with Gasteiger partial charge in [-0.25, -0.2) is 4.68 Å². The summed E-state index contributed by atoms with van der Waals surface area (Å²) in [6.45, 7) is -0.731. The molecule has 3 rings (SSSR count). The van der Waals surface area contributed by atoms with E-state index in [1.54, 1.807) is 30.5 Å². The number of hydrogen-bond acceptors (Lipinski definition) is 12. The first-order valence-corrected chi connectivity index (χ1v) is 10.4. The summed E-state index contributed by atoms with van der Waals surface area (Å²) in [4.78, 5) is 12.9. The fourth-order valence-electron chi connectivity index (χ4n) is 2.92. The summed E-state index contributed by atoms with van der Waals surface area (Å²) in [5, 5.41) is 61.8. The normalized spacial score (nSPS) is 11.5. The molecule has 2 heterocycles. The Morgan fingerprint density at radius 2 is 1.55 bits per heavy atom. The second kappa shape index (κ2) is 11.5. The van der Waals surface area contributed by atoms with Crippen LogP contribution in [0.2, 0.25) is 0 Å². The van der Waals surface area contributed by atoms with Crippen molar-refractivity contribution in [3.05, 3.63) is 47.5 Å². The SMILES string of the molecule is OCCn1cc(CNc2nc(NCCc3ccc(O)cc3)nc(C(CO)(CO)CO)n2)nn1. The largest absolute Gasteiger partial charge is 0.508 e. The average Bonchev–Trinajstić information content (AvgIpc) is 3.28. The van der Waals surface area contributed by atoms with Gasteiger partial charge in [-0.05, 0) is 24.1 Å². The highest BCUT2D eigenvalue weighted by molar-refractivity contribution is 5.37. The summed E-state index contributed by atoms with van der Waals surface area (Å²) in [5.74, 6) is 0.575. The van der Waals surface area contributed by atoms with Gasteiger partial charge >= 0.3 is 0 Å². The van der Waals surface area contributed by atoms with Crippen LogP contribution >= 0.6 is 0 Å². The molecule has 3 aromatic rings. The Bertz CT molecular complexity index is 1000. The maximum absolute atomic E-state index is 9.80. The van der Waals surface area contributed by atoms with E-state index in [2.05, 4.69) is 35.9 Å². The molecular formula is C20H28N8O5. The van der Waals surface area contributed by atoms with E-state index >= 15 is 0 Å². The van der Waals surface area contributed by atoms with Crippen molar-refractivity contribution in [2.45, 2.75) is 24.9 Å². The highest BCUT2D eigenvalue weighted by Crippen LogP contribution is 2.22. The van der Waals surface area contributed by atoms with Crippen molar-refractivity contribution in [1.29, 1.82) is 0 Å². The molecule has 178 valence electrons. The second-order valence-corrected chi connectivity index (χ2v) is 7.45. The summed E-state index contributed by atoms with van der Waals surface area (Å²) < 4.78 is 1.50. The Kier molecular flexibility index (Phi) is 8.43. The molecule has 0 amide bonds. The van der Waals surface area contributed by atoms with Gasteiger partial charge < -0.3 is 36.2 Å². The van der Waals surface area contributed by atoms with E-state index < -0.39 is 25.2 Å². The van der Waals surface area contributed by atoms with Gasteiger partial charge in [0.2, 0.25) is 11.9 Å². The first-order valence-electron chi connectivity index (χ1n) is 10.4. The van der Waals surface area contributed by atoms with E-state index in [-0.39, 0.29) is 36.6 Å². The first-order chi connectivity index (χ1) is 16.0. The van der Waals surface area contributed by atoms with E-state index in [1.807, 2.05) is 0 Å². The van der Waals surface area contributed by atoms with E-state index in [9.17, 15) is 20.4 Å². The van der Waals surface area contributed by atoms with Gasteiger partial charge in [-0.2, -0.15) is 15.0 Å². The first kappa shape index (κ1) is 24.3. The molecule has 7 N–H and O–H groups in total. The van der Waals surface area contributed by atoms with Crippen LogP contribution < -0.4 is 10.6 Å². The topological polar surface area (TPSA) is 195 Å². The van der Waals surface area contributed by atoms with Gasteiger partial charge in [0.15, 0.2) is 0 Å². The molecule has 1 aromatic carbocycles. The Hall–Kier alpha value is -3.39. The van der Waals surface area contributed by atoms with Gasteiger partial charge in [0.1, 0.15) is 17.3 Å². The van der Waals surface area contributed by atoms with Gasteiger partial charge in [-0.3, -0.25) is 0 Å². The zero-order valence-electron chi connectivity index (χ0n) is 18.0. The van der Waals surface area contributed by atoms with Crippen molar-refractivity contribution in [2.75, 3.05) is 43.6 Å². The van der Waals surface area contributed by atoms with Crippen LogP contribution in [0.4, 0.5) is 11.9 Å². The van der Waals surface area contributed by atoms with Crippen LogP contribution in [0, 0.1) is 0 Å². The molecule has 0 aliphatic carbocycles. The zero-order chi connectivity index (χ0) is 23.7. The van der Waals surface area contributed by atoms with Gasteiger partial charge in [-0.15, -0.1) is 5.10 Å². The Labute approximate surface area is 189 Å². The lowest BCUT2D eigenvalue weighted by Gasteiger charge is -2.26. The predicted molar refractivity (Wildman–Crippen MR) is 117 cm³/mol. The molecule has 2 aromatic heterocycles. The smallest absolute Gasteiger partial charge is 0.228 e. The zero-order valence-corrected chi connectivity index (χ0v) is 18.0. The third kappa shape index (κ3) is 6.32. The van der Waals surface area contributed by atoms with Crippen molar-refractivity contribution < 1.29 is 25.5 Å². The number of aromatic nitrogens is 6. The monoisotopic (exact) mass is 460 g/mol. The molecule has 0 fully saturated rings. The molecular weight excluding hydrogens is 432 g/mol. The summed E-state index contributed by atoms with van der Waals surface area (Å²) >= 11 is 0. The molecule has 0 aliphatic heterocycles. The lowest BCUT2D eigenvalue weighted by molar-refractivity contribution is 0.0584. The van der Waals surface area contributed by atoms with Crippen LogP contribution in [0.5, 0.6) is 5.75 Å². The molecule has 13 nitrogen and oxygen atoms in total. The molecule has 0 saturated heterocycles. The Balaban J connectivity index is 1.76. The molecule has 0 spiro atoms. The standard InChI is InChI=1S/C20H28N8O5/c29-8-7-28-10-15(26-27-28)9-22-19-24-17(20(11-30,12-31)13-32)23-18(25-19)21-6-5-14-1-3-16(33)4-2-14/h1-4,10,29-33H,5-9,11-13H2,(H2,21,22,23,24,25). The van der Waals surface area contributed by atoms with Crippen molar-refractivity contribution in [3.8, 4) is 5.75 Å². The number of rotatable bonds is 13. The number of hydrogen-bond donors (Lipinski definition) is 7. The number of nitrogens with one attached hydrogen (secondary N) is 2. The van der Waals surface area contributed by atoms with Crippen LogP contribution in [0.15, 0.2) is 30.5 Å². The maximum atomic E-state index is 9.80. The van der Waals surface area contributed by atoms with E-state index in [1.165, 1.54) is 4.68 Å². The van der Waals surface area contributed by atoms with Crippen molar-refractivity contribution in [2.24, 2.45) is 0 Å². The number of benzene rings is 1. The van der Waals surface area contributed by atoms with Crippen molar-refractivity contribution in [1.82, 2.24) is 29.9 Å². The highest BCUT2D eigenvalue weighted by Gasteiger charge is 2.35. The highest BCUT2D eigenvalue weighted by atomic mass is 16.3. The molecule has 0 atom stereocenters. The molecule has 0 bridgehead atoms.